The van der Waals surface area contributed by atoms with E-state index in [9.17, 15) is 4.79 Å². The van der Waals surface area contributed by atoms with E-state index in [4.69, 9.17) is 9.15 Å². The molecular formula is C20H26N2O3S. The minimum absolute atomic E-state index is 0.0144. The van der Waals surface area contributed by atoms with Gasteiger partial charge in [0.2, 0.25) is 0 Å². The van der Waals surface area contributed by atoms with Crippen molar-refractivity contribution < 1.29 is 13.9 Å². The number of nitrogens with one attached hydrogen (secondary N) is 1. The van der Waals surface area contributed by atoms with Crippen LogP contribution < -0.4 is 5.32 Å². The van der Waals surface area contributed by atoms with Gasteiger partial charge in [0, 0.05) is 30.1 Å². The van der Waals surface area contributed by atoms with Crippen LogP contribution in [0.3, 0.4) is 0 Å². The molecule has 140 valence electrons. The summed E-state index contributed by atoms with van der Waals surface area (Å²) in [7, 11) is 0. The van der Waals surface area contributed by atoms with Crippen LogP contribution >= 0.6 is 11.8 Å². The number of carbonyl (C=O) groups is 1. The van der Waals surface area contributed by atoms with Crippen LogP contribution in [0.1, 0.15) is 33.5 Å². The number of morpholine rings is 1. The predicted octanol–water partition coefficient (Wildman–Crippen LogP) is 3.42. The number of rotatable bonds is 6. The van der Waals surface area contributed by atoms with Crippen LogP contribution in [0.15, 0.2) is 39.6 Å². The van der Waals surface area contributed by atoms with Crippen LogP contribution in [0.5, 0.6) is 0 Å². The Bertz CT molecular complexity index is 753. The second-order valence-electron chi connectivity index (χ2n) is 6.50. The van der Waals surface area contributed by atoms with Crippen molar-refractivity contribution in [1.82, 2.24) is 10.2 Å². The zero-order chi connectivity index (χ0) is 18.5. The van der Waals surface area contributed by atoms with E-state index in [1.165, 1.54) is 0 Å². The van der Waals surface area contributed by atoms with Gasteiger partial charge in [-0.3, -0.25) is 9.69 Å². The molecule has 1 aliphatic heterocycles. The summed E-state index contributed by atoms with van der Waals surface area (Å²) in [5, 5.41) is 3.11. The van der Waals surface area contributed by atoms with E-state index in [0.29, 0.717) is 19.8 Å². The Labute approximate surface area is 159 Å². The number of carbonyl (C=O) groups excluding carboxylic acids is 1. The van der Waals surface area contributed by atoms with E-state index in [0.717, 1.165) is 40.6 Å². The molecule has 1 aromatic heterocycles. The Morgan fingerprint density at radius 1 is 1.23 bits per heavy atom. The van der Waals surface area contributed by atoms with E-state index in [-0.39, 0.29) is 11.9 Å². The SMILES string of the molecule is CSc1ccc(C)c(C(=O)NCC(c2ccc(C)o2)N2CCOCC2)c1. The van der Waals surface area contributed by atoms with Gasteiger partial charge in [0.05, 0.1) is 19.3 Å². The molecule has 0 spiro atoms. The minimum atomic E-state index is -0.0417. The number of thioether (sulfide) groups is 1. The number of benzene rings is 1. The Hall–Kier alpha value is -1.76. The highest BCUT2D eigenvalue weighted by atomic mass is 32.2. The van der Waals surface area contributed by atoms with Crippen molar-refractivity contribution in [3.63, 3.8) is 0 Å². The molecule has 0 radical (unpaired) electrons. The highest BCUT2D eigenvalue weighted by molar-refractivity contribution is 7.98. The molecule has 1 aliphatic rings. The molecule has 1 amide bonds. The molecule has 1 saturated heterocycles. The molecule has 26 heavy (non-hydrogen) atoms. The first-order chi connectivity index (χ1) is 12.6. The lowest BCUT2D eigenvalue weighted by atomic mass is 10.1. The maximum absolute atomic E-state index is 12.8. The van der Waals surface area contributed by atoms with Crippen molar-refractivity contribution >= 4 is 17.7 Å². The first-order valence-electron chi connectivity index (χ1n) is 8.89. The molecule has 5 nitrogen and oxygen atoms in total. The van der Waals surface area contributed by atoms with Gasteiger partial charge in [-0.1, -0.05) is 6.07 Å². The lowest BCUT2D eigenvalue weighted by molar-refractivity contribution is 0.0117. The molecule has 0 aliphatic carbocycles. The summed E-state index contributed by atoms with van der Waals surface area (Å²) in [5.41, 5.74) is 1.71. The zero-order valence-corrected chi connectivity index (χ0v) is 16.4. The van der Waals surface area contributed by atoms with Crippen molar-refractivity contribution in [2.75, 3.05) is 39.1 Å². The summed E-state index contributed by atoms with van der Waals surface area (Å²) >= 11 is 1.64. The molecule has 1 N–H and O–H groups in total. The third-order valence-corrected chi connectivity index (χ3v) is 5.45. The first kappa shape index (κ1) is 19.0. The fraction of sp³-hybridized carbons (Fsp3) is 0.450. The molecule has 0 bridgehead atoms. The molecule has 3 rings (SSSR count). The summed E-state index contributed by atoms with van der Waals surface area (Å²) in [4.78, 5) is 16.2. The van der Waals surface area contributed by atoms with Crippen LogP contribution in [-0.4, -0.2) is 49.9 Å². The van der Waals surface area contributed by atoms with Gasteiger partial charge < -0.3 is 14.5 Å². The molecule has 2 aromatic rings. The number of furan rings is 1. The van der Waals surface area contributed by atoms with Crippen molar-refractivity contribution in [2.24, 2.45) is 0 Å². The fourth-order valence-corrected chi connectivity index (χ4v) is 3.63. The van der Waals surface area contributed by atoms with Gasteiger partial charge in [-0.25, -0.2) is 0 Å². The van der Waals surface area contributed by atoms with Gasteiger partial charge in [0.1, 0.15) is 11.5 Å². The third-order valence-electron chi connectivity index (χ3n) is 4.72. The summed E-state index contributed by atoms with van der Waals surface area (Å²) in [6.07, 6.45) is 2.01. The van der Waals surface area contributed by atoms with Crippen LogP contribution in [-0.2, 0) is 4.74 Å². The highest BCUT2D eigenvalue weighted by Gasteiger charge is 2.26. The molecular weight excluding hydrogens is 348 g/mol. The Balaban J connectivity index is 1.74. The minimum Gasteiger partial charge on any atom is -0.465 e. The molecule has 0 saturated carbocycles. The molecule has 1 unspecified atom stereocenters. The van der Waals surface area contributed by atoms with Crippen LogP contribution in [0, 0.1) is 13.8 Å². The Morgan fingerprint density at radius 3 is 2.65 bits per heavy atom. The van der Waals surface area contributed by atoms with Gasteiger partial charge in [0.15, 0.2) is 0 Å². The number of hydrogen-bond acceptors (Lipinski definition) is 5. The lowest BCUT2D eigenvalue weighted by Gasteiger charge is -2.33. The second-order valence-corrected chi connectivity index (χ2v) is 7.38. The molecule has 6 heteroatoms. The summed E-state index contributed by atoms with van der Waals surface area (Å²) in [6.45, 7) is 7.50. The van der Waals surface area contributed by atoms with E-state index in [1.54, 1.807) is 11.8 Å². The van der Waals surface area contributed by atoms with Crippen molar-refractivity contribution in [3.8, 4) is 0 Å². The molecule has 1 atom stereocenters. The highest BCUT2D eigenvalue weighted by Crippen LogP contribution is 2.24. The second kappa shape index (κ2) is 8.75. The first-order valence-corrected chi connectivity index (χ1v) is 10.1. The summed E-state index contributed by atoms with van der Waals surface area (Å²) < 4.78 is 11.3. The quantitative estimate of drug-likeness (QED) is 0.785. The zero-order valence-electron chi connectivity index (χ0n) is 15.6. The van der Waals surface area contributed by atoms with Crippen LogP contribution in [0.25, 0.3) is 0 Å². The van der Waals surface area contributed by atoms with Crippen molar-refractivity contribution in [1.29, 1.82) is 0 Å². The molecule has 1 aromatic carbocycles. The van der Waals surface area contributed by atoms with Crippen LogP contribution in [0.4, 0.5) is 0 Å². The van der Waals surface area contributed by atoms with Gasteiger partial charge in [-0.05, 0) is 49.9 Å². The van der Waals surface area contributed by atoms with Gasteiger partial charge >= 0.3 is 0 Å². The van der Waals surface area contributed by atoms with Crippen molar-refractivity contribution in [2.45, 2.75) is 24.8 Å². The maximum atomic E-state index is 12.8. The average molecular weight is 375 g/mol. The standard InChI is InChI=1S/C20H26N2O3S/c1-14-4-6-16(26-3)12-17(14)20(23)21-13-18(19-7-5-15(2)25-19)22-8-10-24-11-9-22/h4-7,12,18H,8-11,13H2,1-3H3,(H,21,23). The average Bonchev–Trinajstić information content (AvgIpc) is 3.09. The topological polar surface area (TPSA) is 54.7 Å². The smallest absolute Gasteiger partial charge is 0.251 e. The lowest BCUT2D eigenvalue weighted by Crippen LogP contribution is -2.43. The van der Waals surface area contributed by atoms with Crippen LogP contribution in [0.2, 0.25) is 0 Å². The predicted molar refractivity (Wildman–Crippen MR) is 104 cm³/mol. The van der Waals surface area contributed by atoms with Gasteiger partial charge in [-0.15, -0.1) is 11.8 Å². The Kier molecular flexibility index (Phi) is 6.40. The molecule has 1 fully saturated rings. The third kappa shape index (κ3) is 4.50. The maximum Gasteiger partial charge on any atom is 0.251 e. The van der Waals surface area contributed by atoms with E-state index in [1.807, 2.05) is 50.4 Å². The number of amides is 1. The van der Waals surface area contributed by atoms with E-state index < -0.39 is 0 Å². The van der Waals surface area contributed by atoms with Crippen molar-refractivity contribution in [3.05, 3.63) is 53.0 Å². The van der Waals surface area contributed by atoms with Gasteiger partial charge in [0.25, 0.3) is 5.91 Å². The van der Waals surface area contributed by atoms with E-state index >= 15 is 0 Å². The number of hydrogen-bond donors (Lipinski definition) is 1. The summed E-state index contributed by atoms with van der Waals surface area (Å²) in [6, 6.07) is 9.98. The van der Waals surface area contributed by atoms with E-state index in [2.05, 4.69) is 10.2 Å². The normalized spacial score (nSPS) is 16.4. The monoisotopic (exact) mass is 374 g/mol. The largest absolute Gasteiger partial charge is 0.465 e. The molecule has 2 heterocycles. The van der Waals surface area contributed by atoms with Gasteiger partial charge in [-0.2, -0.15) is 0 Å². The fourth-order valence-electron chi connectivity index (χ4n) is 3.19. The summed E-state index contributed by atoms with van der Waals surface area (Å²) in [5.74, 6) is 1.73. The number of aryl methyl sites for hydroxylation is 2. The Morgan fingerprint density at radius 2 is 2.00 bits per heavy atom. The number of ether oxygens (including phenoxy) is 1. The number of nitrogens with zero attached hydrogens (tertiary/aromatic N) is 1.